The fraction of sp³-hybridized carbons (Fsp3) is 0.444. The standard InChI is InChI=1S/C18H26N2/c1-14(2)11-19-12-18-6-5-9-20(18)13-17-8-7-15(3)16(4)10-17/h5-10,14,19H,11-13H2,1-4H3. The summed E-state index contributed by atoms with van der Waals surface area (Å²) in [5.41, 5.74) is 5.45. The molecule has 0 fully saturated rings. The Morgan fingerprint density at radius 2 is 1.90 bits per heavy atom. The van der Waals surface area contributed by atoms with Gasteiger partial charge in [-0.15, -0.1) is 0 Å². The molecule has 1 aromatic heterocycles. The van der Waals surface area contributed by atoms with Gasteiger partial charge in [-0.05, 0) is 55.1 Å². The SMILES string of the molecule is Cc1ccc(Cn2cccc2CNCC(C)C)cc1C. The van der Waals surface area contributed by atoms with Gasteiger partial charge in [0.2, 0.25) is 0 Å². The van der Waals surface area contributed by atoms with Crippen LogP contribution in [0, 0.1) is 19.8 Å². The van der Waals surface area contributed by atoms with Gasteiger partial charge in [-0.25, -0.2) is 0 Å². The maximum Gasteiger partial charge on any atom is 0.0473 e. The number of nitrogens with zero attached hydrogens (tertiary/aromatic N) is 1. The molecule has 20 heavy (non-hydrogen) atoms. The van der Waals surface area contributed by atoms with Gasteiger partial charge >= 0.3 is 0 Å². The van der Waals surface area contributed by atoms with Crippen LogP contribution in [-0.4, -0.2) is 11.1 Å². The summed E-state index contributed by atoms with van der Waals surface area (Å²) >= 11 is 0. The maximum atomic E-state index is 3.51. The average molecular weight is 270 g/mol. The highest BCUT2D eigenvalue weighted by molar-refractivity contribution is 5.30. The molecule has 0 saturated heterocycles. The van der Waals surface area contributed by atoms with E-state index in [1.807, 2.05) is 0 Å². The van der Waals surface area contributed by atoms with E-state index >= 15 is 0 Å². The van der Waals surface area contributed by atoms with Crippen molar-refractivity contribution in [2.45, 2.75) is 40.8 Å². The van der Waals surface area contributed by atoms with Crippen LogP contribution in [-0.2, 0) is 13.1 Å². The largest absolute Gasteiger partial charge is 0.346 e. The Kier molecular flexibility index (Phi) is 5.02. The van der Waals surface area contributed by atoms with Gasteiger partial charge in [0.05, 0.1) is 0 Å². The molecule has 0 spiro atoms. The van der Waals surface area contributed by atoms with Crippen molar-refractivity contribution < 1.29 is 0 Å². The number of hydrogen-bond acceptors (Lipinski definition) is 1. The molecule has 2 rings (SSSR count). The number of aryl methyl sites for hydroxylation is 2. The van der Waals surface area contributed by atoms with Gasteiger partial charge in [-0.3, -0.25) is 0 Å². The van der Waals surface area contributed by atoms with Crippen LogP contribution >= 0.6 is 0 Å². The Bertz CT molecular complexity index is 552. The predicted molar refractivity (Wildman–Crippen MR) is 86.0 cm³/mol. The first-order valence-corrected chi connectivity index (χ1v) is 7.47. The Labute approximate surface area is 122 Å². The highest BCUT2D eigenvalue weighted by Gasteiger charge is 2.03. The summed E-state index contributed by atoms with van der Waals surface area (Å²) in [7, 11) is 0. The molecule has 0 radical (unpaired) electrons. The molecule has 0 aliphatic heterocycles. The van der Waals surface area contributed by atoms with Crippen molar-refractivity contribution in [3.8, 4) is 0 Å². The van der Waals surface area contributed by atoms with Crippen LogP contribution in [0.5, 0.6) is 0 Å². The molecule has 108 valence electrons. The van der Waals surface area contributed by atoms with E-state index in [0.29, 0.717) is 5.92 Å². The molecule has 0 aliphatic rings. The Balaban J connectivity index is 2.02. The summed E-state index contributed by atoms with van der Waals surface area (Å²) < 4.78 is 2.33. The molecule has 2 nitrogen and oxygen atoms in total. The van der Waals surface area contributed by atoms with Gasteiger partial charge in [0.25, 0.3) is 0 Å². The summed E-state index contributed by atoms with van der Waals surface area (Å²) in [6, 6.07) is 11.1. The molecule has 0 bridgehead atoms. The smallest absolute Gasteiger partial charge is 0.0473 e. The summed E-state index contributed by atoms with van der Waals surface area (Å²) in [5, 5.41) is 3.51. The second-order valence-electron chi connectivity index (χ2n) is 6.07. The first-order valence-electron chi connectivity index (χ1n) is 7.47. The van der Waals surface area contributed by atoms with Crippen LogP contribution in [0.1, 0.15) is 36.2 Å². The fourth-order valence-corrected chi connectivity index (χ4v) is 2.35. The molecule has 1 N–H and O–H groups in total. The quantitative estimate of drug-likeness (QED) is 0.842. The second kappa shape index (κ2) is 6.76. The number of hydrogen-bond donors (Lipinski definition) is 1. The Morgan fingerprint density at radius 1 is 1.10 bits per heavy atom. The summed E-state index contributed by atoms with van der Waals surface area (Å²) in [6.07, 6.45) is 2.17. The number of benzene rings is 1. The van der Waals surface area contributed by atoms with Crippen molar-refractivity contribution in [3.63, 3.8) is 0 Å². The lowest BCUT2D eigenvalue weighted by molar-refractivity contribution is 0.539. The van der Waals surface area contributed by atoms with Gasteiger partial charge in [0.1, 0.15) is 0 Å². The lowest BCUT2D eigenvalue weighted by Gasteiger charge is -2.12. The Hall–Kier alpha value is -1.54. The molecule has 0 amide bonds. The third-order valence-electron chi connectivity index (χ3n) is 3.71. The highest BCUT2D eigenvalue weighted by atomic mass is 15.0. The third-order valence-corrected chi connectivity index (χ3v) is 3.71. The van der Waals surface area contributed by atoms with E-state index in [1.165, 1.54) is 22.4 Å². The van der Waals surface area contributed by atoms with Crippen LogP contribution in [0.4, 0.5) is 0 Å². The molecule has 2 heteroatoms. The van der Waals surface area contributed by atoms with Gasteiger partial charge in [-0.1, -0.05) is 32.0 Å². The minimum atomic E-state index is 0.693. The molecule has 0 atom stereocenters. The van der Waals surface area contributed by atoms with Gasteiger partial charge < -0.3 is 9.88 Å². The van der Waals surface area contributed by atoms with Crippen molar-refractivity contribution in [1.82, 2.24) is 9.88 Å². The molecule has 0 saturated carbocycles. The van der Waals surface area contributed by atoms with E-state index < -0.39 is 0 Å². The molecule has 0 aliphatic carbocycles. The first-order chi connectivity index (χ1) is 9.56. The summed E-state index contributed by atoms with van der Waals surface area (Å²) in [4.78, 5) is 0. The number of nitrogens with one attached hydrogen (secondary N) is 1. The molecule has 2 aromatic rings. The van der Waals surface area contributed by atoms with Gasteiger partial charge in [-0.2, -0.15) is 0 Å². The minimum absolute atomic E-state index is 0.693. The molecular formula is C18H26N2. The summed E-state index contributed by atoms with van der Waals surface area (Å²) in [6.45, 7) is 11.8. The van der Waals surface area contributed by atoms with Crippen LogP contribution in [0.25, 0.3) is 0 Å². The molecule has 1 heterocycles. The van der Waals surface area contributed by atoms with Crippen LogP contribution in [0.2, 0.25) is 0 Å². The van der Waals surface area contributed by atoms with Gasteiger partial charge in [0, 0.05) is 25.0 Å². The monoisotopic (exact) mass is 270 g/mol. The minimum Gasteiger partial charge on any atom is -0.346 e. The van der Waals surface area contributed by atoms with Crippen LogP contribution in [0.3, 0.4) is 0 Å². The lowest BCUT2D eigenvalue weighted by atomic mass is 10.1. The first kappa shape index (κ1) is 14.9. The molecule has 0 unspecified atom stereocenters. The number of rotatable bonds is 6. The van der Waals surface area contributed by atoms with E-state index in [4.69, 9.17) is 0 Å². The third kappa shape index (κ3) is 3.97. The maximum absolute atomic E-state index is 3.51. The van der Waals surface area contributed by atoms with Crippen LogP contribution < -0.4 is 5.32 Å². The van der Waals surface area contributed by atoms with Crippen molar-refractivity contribution in [2.24, 2.45) is 5.92 Å². The summed E-state index contributed by atoms with van der Waals surface area (Å²) in [5.74, 6) is 0.693. The van der Waals surface area contributed by atoms with E-state index in [9.17, 15) is 0 Å². The lowest BCUT2D eigenvalue weighted by Crippen LogP contribution is -2.20. The molecule has 1 aromatic carbocycles. The average Bonchev–Trinajstić information content (AvgIpc) is 2.81. The number of aromatic nitrogens is 1. The van der Waals surface area contributed by atoms with E-state index in [1.54, 1.807) is 0 Å². The topological polar surface area (TPSA) is 17.0 Å². The zero-order valence-corrected chi connectivity index (χ0v) is 13.1. The zero-order chi connectivity index (χ0) is 14.5. The van der Waals surface area contributed by atoms with Crippen molar-refractivity contribution in [1.29, 1.82) is 0 Å². The van der Waals surface area contributed by atoms with Gasteiger partial charge in [0.15, 0.2) is 0 Å². The van der Waals surface area contributed by atoms with E-state index in [-0.39, 0.29) is 0 Å². The Morgan fingerprint density at radius 3 is 2.60 bits per heavy atom. The van der Waals surface area contributed by atoms with E-state index in [0.717, 1.165) is 19.6 Å². The van der Waals surface area contributed by atoms with Crippen molar-refractivity contribution in [3.05, 3.63) is 58.9 Å². The molecular weight excluding hydrogens is 244 g/mol. The highest BCUT2D eigenvalue weighted by Crippen LogP contribution is 2.13. The fourth-order valence-electron chi connectivity index (χ4n) is 2.35. The normalized spacial score (nSPS) is 11.2. The van der Waals surface area contributed by atoms with Crippen LogP contribution in [0.15, 0.2) is 36.5 Å². The van der Waals surface area contributed by atoms with Crippen molar-refractivity contribution >= 4 is 0 Å². The van der Waals surface area contributed by atoms with Crippen molar-refractivity contribution in [2.75, 3.05) is 6.54 Å². The zero-order valence-electron chi connectivity index (χ0n) is 13.1. The second-order valence-corrected chi connectivity index (χ2v) is 6.07. The van der Waals surface area contributed by atoms with E-state index in [2.05, 4.69) is 74.1 Å². The predicted octanol–water partition coefficient (Wildman–Crippen LogP) is 3.90.